The molecule has 0 saturated heterocycles. The van der Waals surface area contributed by atoms with Gasteiger partial charge in [0.15, 0.2) is 17.9 Å². The lowest BCUT2D eigenvalue weighted by Gasteiger charge is -2.29. The van der Waals surface area contributed by atoms with Gasteiger partial charge in [-0.3, -0.25) is 78.6 Å². The molecule has 33 N–H and O–H groups in total. The molecule has 0 aliphatic carbocycles. The number of H-pyrrole nitrogens is 1. The third-order valence-electron chi connectivity index (χ3n) is 19.1. The highest BCUT2D eigenvalue weighted by molar-refractivity contribution is 6.00. The summed E-state index contributed by atoms with van der Waals surface area (Å²) in [7, 11) is 0. The van der Waals surface area contributed by atoms with Gasteiger partial charge in [-0.25, -0.2) is 0 Å². The number of aromatic amines is 1. The number of fused-ring (bicyclic) bond motifs is 1. The molecule has 3 rings (SSSR count). The first kappa shape index (κ1) is 101. The van der Waals surface area contributed by atoms with E-state index < -0.39 is 174 Å². The second-order valence-corrected chi connectivity index (χ2v) is 30.7. The van der Waals surface area contributed by atoms with Crippen LogP contribution < -0.4 is 114 Å². The summed E-state index contributed by atoms with van der Waals surface area (Å²) in [4.78, 5) is 187. The van der Waals surface area contributed by atoms with Crippen LogP contribution in [-0.2, 0) is 75.2 Å². The van der Waals surface area contributed by atoms with Gasteiger partial charge >= 0.3 is 0 Å². The van der Waals surface area contributed by atoms with E-state index in [0.717, 1.165) is 10.9 Å². The fourth-order valence-electron chi connectivity index (χ4n) is 12.6. The van der Waals surface area contributed by atoms with Gasteiger partial charge in [-0.15, -0.1) is 0 Å². The molecule has 118 heavy (non-hydrogen) atoms. The third kappa shape index (κ3) is 38.2. The number of hydrogen-bond acceptors (Lipinski definition) is 20. The number of hydrogen-bond donors (Lipinski definition) is 27. The van der Waals surface area contributed by atoms with Gasteiger partial charge in [0, 0.05) is 61.9 Å². The van der Waals surface area contributed by atoms with Crippen LogP contribution in [0.3, 0.4) is 0 Å². The maximum atomic E-state index is 14.9. The van der Waals surface area contributed by atoms with Crippen molar-refractivity contribution in [1.29, 1.82) is 16.2 Å². The number of aliphatic hydroxyl groups is 2. The van der Waals surface area contributed by atoms with E-state index in [1.165, 1.54) is 27.7 Å². The monoisotopic (exact) mass is 1660 g/mol. The Hall–Kier alpha value is -11.3. The van der Waals surface area contributed by atoms with E-state index in [9.17, 15) is 72.5 Å². The molecular weight excluding hydrogens is 1530 g/mol. The lowest BCUT2D eigenvalue weighted by Crippen LogP contribution is -2.61. The van der Waals surface area contributed by atoms with Gasteiger partial charge in [0.2, 0.25) is 76.8 Å². The minimum Gasteiger partial charge on any atom is -0.393 e. The molecular formula is C78H131N25O15. The maximum Gasteiger partial charge on any atom is 0.245 e. The molecule has 0 radical (unpaired) electrons. The van der Waals surface area contributed by atoms with Gasteiger partial charge < -0.3 is 129 Å². The van der Waals surface area contributed by atoms with Crippen molar-refractivity contribution in [2.75, 3.05) is 32.7 Å². The minimum absolute atomic E-state index is 0.00716. The van der Waals surface area contributed by atoms with E-state index >= 15 is 0 Å². The molecule has 1 aromatic heterocycles. The molecule has 40 heteroatoms. The molecule has 15 atom stereocenters. The molecule has 1 unspecified atom stereocenters. The Morgan fingerprint density at radius 1 is 0.373 bits per heavy atom. The van der Waals surface area contributed by atoms with Crippen LogP contribution in [0.4, 0.5) is 0 Å². The number of primary amides is 1. The number of carbonyl (C=O) groups is 13. The molecule has 0 aliphatic rings. The predicted molar refractivity (Wildman–Crippen MR) is 445 cm³/mol. The van der Waals surface area contributed by atoms with Gasteiger partial charge in [-0.1, -0.05) is 83.1 Å². The third-order valence-corrected chi connectivity index (χ3v) is 19.1. The standard InChI is InChI=1S/C78H131N25O15/c1-42(2)36-57(102-75(118)62(48(9)105)103-74(117)61(40-50-41-91-52-26-14-13-25-51(50)52)98-64(107)44(5)22-19-33-88-76(82)83)70(113)93-47(8)66(109)99-58(37-43(3)4)71(114)100-59(38-45(6)104)72(115)101-60(39-49-23-11-10-12-24-49)73(116)97-55(28-16-18-32-80)68(111)96-56(30-21-35-90-78(86)87)69(112)95-54(27-15-17-31-79)67(110)92-46(7)65(108)94-53(63(81)106)29-20-34-89-77(84)85/h10-14,23-26,41-48,53-62,91,104-105H,15-22,27-40,79-80H2,1-9H3,(H2,81,106)(H,92,110)(H,93,113)(H,94,108)(H,95,112)(H,96,111)(H,97,116)(H,98,107)(H,99,109)(H,100,114)(H,101,115)(H,102,118)(H,103,117)(H4,82,83,88)(H4,84,85,89)(H4,86,87,90)/t44-,45?,46-,47-,48+,53-,54-,55-,56-,57-,58-,59-,60-,61-,62-/m0/s1. The van der Waals surface area contributed by atoms with Crippen molar-refractivity contribution in [3.05, 3.63) is 71.9 Å². The van der Waals surface area contributed by atoms with Crippen molar-refractivity contribution in [3.63, 3.8) is 0 Å². The van der Waals surface area contributed by atoms with E-state index in [2.05, 4.69) is 84.7 Å². The van der Waals surface area contributed by atoms with E-state index in [1.54, 1.807) is 71.1 Å². The van der Waals surface area contributed by atoms with Gasteiger partial charge in [0.25, 0.3) is 0 Å². The largest absolute Gasteiger partial charge is 0.393 e. The molecule has 40 nitrogen and oxygen atoms in total. The molecule has 3 aromatic rings. The van der Waals surface area contributed by atoms with E-state index in [0.29, 0.717) is 49.8 Å². The van der Waals surface area contributed by atoms with Gasteiger partial charge in [0.05, 0.1) is 12.2 Å². The number of aromatic nitrogens is 1. The fourth-order valence-corrected chi connectivity index (χ4v) is 12.6. The van der Waals surface area contributed by atoms with E-state index in [4.69, 9.17) is 50.6 Å². The van der Waals surface area contributed by atoms with Crippen LogP contribution in [0, 0.1) is 34.0 Å². The van der Waals surface area contributed by atoms with Crippen molar-refractivity contribution in [1.82, 2.24) is 84.7 Å². The molecule has 0 aliphatic heterocycles. The molecule has 0 fully saturated rings. The lowest BCUT2D eigenvalue weighted by atomic mass is 10.00. The average Bonchev–Trinajstić information content (AvgIpc) is 1.65. The first-order chi connectivity index (χ1) is 55.7. The summed E-state index contributed by atoms with van der Waals surface area (Å²) in [6.07, 6.45) is 0.632. The summed E-state index contributed by atoms with van der Waals surface area (Å²) >= 11 is 0. The highest BCUT2D eigenvalue weighted by Gasteiger charge is 2.38. The Labute approximate surface area is 689 Å². The molecule has 0 spiro atoms. The number of guanidine groups is 3. The summed E-state index contributed by atoms with van der Waals surface area (Å²) < 4.78 is 0. The SMILES string of the molecule is CC(C)C[C@H](NC(=O)[C@H](C)NC(=O)[C@H](CC(C)C)NC(=O)[C@@H](NC(=O)[C@H](Cc1c[nH]c2ccccc12)NC(=O)[C@@H](C)CCCNC(=N)N)[C@@H](C)O)C(=O)N[C@@H](CC(C)O)C(=O)N[C@@H](Cc1ccccc1)C(=O)N[C@@H](CCCCN)C(=O)N[C@@H](CCCNC(=N)N)C(=O)N[C@@H](CCCCN)C(=O)N[C@@H](C)C(=O)N[C@@H](CCCNC(=N)N)C(N)=O. The summed E-state index contributed by atoms with van der Waals surface area (Å²) in [5.41, 5.74) is 35.5. The van der Waals surface area contributed by atoms with Crippen LogP contribution in [0.5, 0.6) is 0 Å². The van der Waals surface area contributed by atoms with Crippen LogP contribution >= 0.6 is 0 Å². The second kappa shape index (κ2) is 53.1. The summed E-state index contributed by atoms with van der Waals surface area (Å²) in [5.74, 6) is -13.1. The van der Waals surface area contributed by atoms with E-state index in [-0.39, 0.29) is 127 Å². The zero-order valence-electron chi connectivity index (χ0n) is 69.3. The Balaban J connectivity index is 1.92. The van der Waals surface area contributed by atoms with Gasteiger partial charge in [-0.2, -0.15) is 0 Å². The highest BCUT2D eigenvalue weighted by Crippen LogP contribution is 2.21. The van der Waals surface area contributed by atoms with Crippen molar-refractivity contribution in [3.8, 4) is 0 Å². The number of benzene rings is 2. The smallest absolute Gasteiger partial charge is 0.245 e. The first-order valence-corrected chi connectivity index (χ1v) is 40.3. The second-order valence-electron chi connectivity index (χ2n) is 30.7. The van der Waals surface area contributed by atoms with Crippen molar-refractivity contribution in [2.24, 2.45) is 52.2 Å². The number of nitrogens with one attached hydrogen (secondary N) is 19. The first-order valence-electron chi connectivity index (χ1n) is 40.3. The predicted octanol–water partition coefficient (Wildman–Crippen LogP) is -3.78. The van der Waals surface area contributed by atoms with Crippen LogP contribution in [0.25, 0.3) is 10.9 Å². The topological polar surface area (TPSA) is 686 Å². The number of amides is 13. The quantitative estimate of drug-likeness (QED) is 0.0146. The normalized spacial score (nSPS) is 15.0. The highest BCUT2D eigenvalue weighted by atomic mass is 16.3. The number of rotatable bonds is 56. The van der Waals surface area contributed by atoms with Gasteiger partial charge in [0.1, 0.15) is 72.5 Å². The molecule has 2 aromatic carbocycles. The lowest BCUT2D eigenvalue weighted by molar-refractivity contribution is -0.137. The molecule has 1 heterocycles. The molecule has 13 amide bonds. The number of carbonyl (C=O) groups excluding carboxylic acids is 13. The Kier molecular flexibility index (Phi) is 45.5. The number of aliphatic hydroxyl groups excluding tert-OH is 2. The zero-order chi connectivity index (χ0) is 88.3. The van der Waals surface area contributed by atoms with Crippen molar-refractivity contribution < 1.29 is 72.5 Å². The Bertz CT molecular complexity index is 3790. The average molecular weight is 1660 g/mol. The summed E-state index contributed by atoms with van der Waals surface area (Å²) in [6.45, 7) is 15.0. The molecule has 658 valence electrons. The Morgan fingerprint density at radius 3 is 1.19 bits per heavy atom. The molecule has 0 bridgehead atoms. The summed E-state index contributed by atoms with van der Waals surface area (Å²) in [6, 6.07) is -1.15. The zero-order valence-corrected chi connectivity index (χ0v) is 69.3. The molecule has 0 saturated carbocycles. The van der Waals surface area contributed by atoms with Crippen LogP contribution in [-0.4, -0.2) is 227 Å². The fraction of sp³-hybridized carbons (Fsp3) is 0.615. The number of unbranched alkanes of at least 4 members (excludes halogenated alkanes) is 2. The van der Waals surface area contributed by atoms with Crippen molar-refractivity contribution >= 4 is 106 Å². The summed E-state index contributed by atoms with van der Waals surface area (Å²) in [5, 5.41) is 84.8. The minimum atomic E-state index is -1.68. The number of para-hydroxylation sites is 1. The van der Waals surface area contributed by atoms with E-state index in [1.807, 2.05) is 24.3 Å². The van der Waals surface area contributed by atoms with Gasteiger partial charge in [-0.05, 0) is 160 Å². The van der Waals surface area contributed by atoms with Crippen LogP contribution in [0.1, 0.15) is 170 Å². The maximum absolute atomic E-state index is 14.9. The van der Waals surface area contributed by atoms with Crippen LogP contribution in [0.15, 0.2) is 60.8 Å². The van der Waals surface area contributed by atoms with Crippen LogP contribution in [0.2, 0.25) is 0 Å². The number of nitrogens with two attached hydrogens (primary N) is 6. The Morgan fingerprint density at radius 2 is 0.729 bits per heavy atom. The van der Waals surface area contributed by atoms with Crippen molar-refractivity contribution in [2.45, 2.75) is 256 Å².